The summed E-state index contributed by atoms with van der Waals surface area (Å²) in [7, 11) is 1.62. The van der Waals surface area contributed by atoms with E-state index in [9.17, 15) is 9.59 Å². The zero-order valence-corrected chi connectivity index (χ0v) is 15.4. The van der Waals surface area contributed by atoms with E-state index < -0.39 is 6.04 Å². The van der Waals surface area contributed by atoms with Crippen LogP contribution >= 0.6 is 0 Å². The van der Waals surface area contributed by atoms with Gasteiger partial charge in [-0.05, 0) is 38.5 Å². The first-order chi connectivity index (χ1) is 12.5. The Kier molecular flexibility index (Phi) is 5.93. The number of amides is 2. The van der Waals surface area contributed by atoms with Gasteiger partial charge in [-0.1, -0.05) is 5.16 Å². The molecular weight excluding hydrogens is 336 g/mol. The van der Waals surface area contributed by atoms with Gasteiger partial charge in [0.05, 0.1) is 18.7 Å². The van der Waals surface area contributed by atoms with Gasteiger partial charge in [-0.25, -0.2) is 0 Å². The molecule has 8 nitrogen and oxygen atoms in total. The summed E-state index contributed by atoms with van der Waals surface area (Å²) in [4.78, 5) is 26.3. The van der Waals surface area contributed by atoms with Crippen molar-refractivity contribution < 1.29 is 18.8 Å². The van der Waals surface area contributed by atoms with E-state index in [0.29, 0.717) is 31.3 Å². The van der Waals surface area contributed by atoms with Crippen LogP contribution in [0.4, 0.5) is 0 Å². The maximum atomic E-state index is 12.5. The van der Waals surface area contributed by atoms with E-state index in [1.807, 2.05) is 0 Å². The van der Waals surface area contributed by atoms with Gasteiger partial charge in [-0.15, -0.1) is 0 Å². The highest BCUT2D eigenvalue weighted by Crippen LogP contribution is 2.40. The van der Waals surface area contributed by atoms with Gasteiger partial charge in [0.2, 0.25) is 5.91 Å². The first-order valence-electron chi connectivity index (χ1n) is 9.30. The third-order valence-corrected chi connectivity index (χ3v) is 5.21. The molecule has 3 rings (SSSR count). The van der Waals surface area contributed by atoms with E-state index >= 15 is 0 Å². The maximum absolute atomic E-state index is 12.5. The molecule has 2 atom stereocenters. The molecular formula is C18H28N4O4. The standard InChI is InChI=1S/C18H28N4O4/c1-11(19)18(24)22-7-5-12(6-8-22)15(10-25-2)20-17(23)14-9-16(26-21-14)13-3-4-13/h9,11-13,15H,3-8,10,19H2,1-2H3,(H,20,23)/t11-,15?/m0/s1. The minimum atomic E-state index is -0.478. The minimum Gasteiger partial charge on any atom is -0.383 e. The largest absolute Gasteiger partial charge is 0.383 e. The van der Waals surface area contributed by atoms with E-state index in [0.717, 1.165) is 31.4 Å². The van der Waals surface area contributed by atoms with Crippen molar-refractivity contribution in [1.82, 2.24) is 15.4 Å². The minimum absolute atomic E-state index is 0.0222. The topological polar surface area (TPSA) is 111 Å². The Morgan fingerprint density at radius 2 is 2.08 bits per heavy atom. The van der Waals surface area contributed by atoms with Crippen molar-refractivity contribution in [2.75, 3.05) is 26.8 Å². The molecule has 0 spiro atoms. The van der Waals surface area contributed by atoms with Crippen LogP contribution in [0.1, 0.15) is 54.8 Å². The van der Waals surface area contributed by atoms with Gasteiger partial charge in [0.1, 0.15) is 5.76 Å². The van der Waals surface area contributed by atoms with E-state index in [4.69, 9.17) is 15.0 Å². The predicted octanol–water partition coefficient (Wildman–Crippen LogP) is 0.883. The molecule has 2 heterocycles. The fourth-order valence-corrected chi connectivity index (χ4v) is 3.48. The van der Waals surface area contributed by atoms with Crippen molar-refractivity contribution in [1.29, 1.82) is 0 Å². The number of aromatic nitrogens is 1. The summed E-state index contributed by atoms with van der Waals surface area (Å²) in [6.45, 7) is 3.43. The number of methoxy groups -OCH3 is 1. The molecule has 2 aliphatic rings. The summed E-state index contributed by atoms with van der Waals surface area (Å²) >= 11 is 0. The number of likely N-dealkylation sites (tertiary alicyclic amines) is 1. The van der Waals surface area contributed by atoms with Crippen molar-refractivity contribution >= 4 is 11.8 Å². The second-order valence-corrected chi connectivity index (χ2v) is 7.38. The Labute approximate surface area is 153 Å². The third kappa shape index (κ3) is 4.42. The first kappa shape index (κ1) is 18.8. The molecule has 0 radical (unpaired) electrons. The van der Waals surface area contributed by atoms with Crippen LogP contribution in [0.5, 0.6) is 0 Å². The summed E-state index contributed by atoms with van der Waals surface area (Å²) in [5.74, 6) is 1.19. The molecule has 1 aliphatic carbocycles. The van der Waals surface area contributed by atoms with E-state index in [-0.39, 0.29) is 23.8 Å². The molecule has 0 bridgehead atoms. The number of nitrogens with two attached hydrogens (primary N) is 1. The summed E-state index contributed by atoms with van der Waals surface area (Å²) < 4.78 is 10.6. The molecule has 2 fully saturated rings. The Morgan fingerprint density at radius 3 is 2.65 bits per heavy atom. The third-order valence-electron chi connectivity index (χ3n) is 5.21. The maximum Gasteiger partial charge on any atom is 0.273 e. The molecule has 1 saturated heterocycles. The van der Waals surface area contributed by atoms with Crippen LogP contribution in [-0.2, 0) is 9.53 Å². The van der Waals surface area contributed by atoms with Gasteiger partial charge in [0, 0.05) is 32.2 Å². The molecule has 0 aromatic carbocycles. The highest BCUT2D eigenvalue weighted by atomic mass is 16.5. The van der Waals surface area contributed by atoms with Crippen LogP contribution in [-0.4, -0.2) is 60.8 Å². The molecule has 1 unspecified atom stereocenters. The van der Waals surface area contributed by atoms with Gasteiger partial charge >= 0.3 is 0 Å². The normalized spacial score (nSPS) is 20.7. The Morgan fingerprint density at radius 1 is 1.38 bits per heavy atom. The highest BCUT2D eigenvalue weighted by Gasteiger charge is 2.32. The SMILES string of the molecule is COCC(NC(=O)c1cc(C2CC2)on1)C1CCN(C(=O)[C@H](C)N)CC1. The molecule has 144 valence electrons. The summed E-state index contributed by atoms with van der Waals surface area (Å²) in [6.07, 6.45) is 3.81. The van der Waals surface area contributed by atoms with Crippen molar-refractivity contribution in [3.05, 3.63) is 17.5 Å². The predicted molar refractivity (Wildman–Crippen MR) is 94.6 cm³/mol. The van der Waals surface area contributed by atoms with Gasteiger partial charge in [0.15, 0.2) is 5.69 Å². The number of nitrogens with zero attached hydrogens (tertiary/aromatic N) is 2. The van der Waals surface area contributed by atoms with Crippen LogP contribution in [0.3, 0.4) is 0 Å². The lowest BCUT2D eigenvalue weighted by Crippen LogP contribution is -2.51. The van der Waals surface area contributed by atoms with Gasteiger partial charge in [0.25, 0.3) is 5.91 Å². The molecule has 1 saturated carbocycles. The number of rotatable bonds is 7. The average molecular weight is 364 g/mol. The van der Waals surface area contributed by atoms with Crippen LogP contribution < -0.4 is 11.1 Å². The Balaban J connectivity index is 1.56. The first-order valence-corrected chi connectivity index (χ1v) is 9.30. The van der Waals surface area contributed by atoms with E-state index in [1.165, 1.54) is 0 Å². The molecule has 8 heteroatoms. The number of carbonyl (C=O) groups excluding carboxylic acids is 2. The number of hydrogen-bond acceptors (Lipinski definition) is 6. The molecule has 1 aromatic heterocycles. The van der Waals surface area contributed by atoms with Crippen LogP contribution in [0, 0.1) is 5.92 Å². The zero-order valence-electron chi connectivity index (χ0n) is 15.4. The fourth-order valence-electron chi connectivity index (χ4n) is 3.48. The Hall–Kier alpha value is -1.93. The molecule has 26 heavy (non-hydrogen) atoms. The molecule has 2 amide bonds. The number of nitrogens with one attached hydrogen (secondary N) is 1. The fraction of sp³-hybridized carbons (Fsp3) is 0.722. The highest BCUT2D eigenvalue weighted by molar-refractivity contribution is 5.92. The second kappa shape index (κ2) is 8.18. The monoisotopic (exact) mass is 364 g/mol. The van der Waals surface area contributed by atoms with Crippen molar-refractivity contribution in [2.24, 2.45) is 11.7 Å². The number of carbonyl (C=O) groups is 2. The van der Waals surface area contributed by atoms with Gasteiger partial charge in [-0.3, -0.25) is 9.59 Å². The summed E-state index contributed by atoms with van der Waals surface area (Å²) in [6, 6.07) is 1.14. The molecule has 1 aliphatic heterocycles. The van der Waals surface area contributed by atoms with Gasteiger partial charge < -0.3 is 25.2 Å². The summed E-state index contributed by atoms with van der Waals surface area (Å²) in [5.41, 5.74) is 6.00. The number of hydrogen-bond donors (Lipinski definition) is 2. The lowest BCUT2D eigenvalue weighted by atomic mass is 9.89. The number of piperidine rings is 1. The zero-order chi connectivity index (χ0) is 18.7. The van der Waals surface area contributed by atoms with Crippen LogP contribution in [0.15, 0.2) is 10.6 Å². The lowest BCUT2D eigenvalue weighted by molar-refractivity contribution is -0.133. The summed E-state index contributed by atoms with van der Waals surface area (Å²) in [5, 5.41) is 6.92. The molecule has 3 N–H and O–H groups in total. The van der Waals surface area contributed by atoms with Gasteiger partial charge in [-0.2, -0.15) is 0 Å². The van der Waals surface area contributed by atoms with Crippen LogP contribution in [0.2, 0.25) is 0 Å². The smallest absolute Gasteiger partial charge is 0.273 e. The quantitative estimate of drug-likeness (QED) is 0.743. The van der Waals surface area contributed by atoms with Crippen molar-refractivity contribution in [2.45, 2.75) is 50.6 Å². The molecule has 1 aromatic rings. The number of ether oxygens (including phenoxy) is 1. The van der Waals surface area contributed by atoms with Crippen molar-refractivity contribution in [3.63, 3.8) is 0 Å². The van der Waals surface area contributed by atoms with E-state index in [2.05, 4.69) is 10.5 Å². The van der Waals surface area contributed by atoms with Crippen molar-refractivity contribution in [3.8, 4) is 0 Å². The second-order valence-electron chi connectivity index (χ2n) is 7.38. The van der Waals surface area contributed by atoms with Crippen LogP contribution in [0.25, 0.3) is 0 Å². The average Bonchev–Trinajstić information content (AvgIpc) is 3.37. The Bertz CT molecular complexity index is 633. The lowest BCUT2D eigenvalue weighted by Gasteiger charge is -2.36. The van der Waals surface area contributed by atoms with E-state index in [1.54, 1.807) is 25.0 Å².